The maximum Gasteiger partial charge on any atom is 0.243 e. The van der Waals surface area contributed by atoms with Gasteiger partial charge in [0.25, 0.3) is 0 Å². The van der Waals surface area contributed by atoms with Crippen molar-refractivity contribution < 1.29 is 9.53 Å². The quantitative estimate of drug-likeness (QED) is 0.824. The van der Waals surface area contributed by atoms with Gasteiger partial charge in [0.1, 0.15) is 5.75 Å². The molecule has 2 rings (SSSR count). The van der Waals surface area contributed by atoms with Crippen LogP contribution in [0.5, 0.6) is 5.75 Å². The smallest absolute Gasteiger partial charge is 0.243 e. The molecule has 5 heteroatoms. The highest BCUT2D eigenvalue weighted by Gasteiger charge is 2.10. The molecule has 0 bridgehead atoms. The largest absolute Gasteiger partial charge is 0.492 e. The number of halogens is 1. The summed E-state index contributed by atoms with van der Waals surface area (Å²) in [6.45, 7) is 6.53. The number of benzene rings is 2. The van der Waals surface area contributed by atoms with Crippen LogP contribution in [-0.2, 0) is 4.79 Å². The van der Waals surface area contributed by atoms with Gasteiger partial charge in [-0.25, -0.2) is 0 Å². The zero-order valence-electron chi connectivity index (χ0n) is 13.6. The van der Waals surface area contributed by atoms with E-state index in [4.69, 9.17) is 16.3 Å². The molecule has 1 amide bonds. The second-order valence-corrected chi connectivity index (χ2v) is 5.68. The molecule has 0 atom stereocenters. The predicted molar refractivity (Wildman–Crippen MR) is 95.7 cm³/mol. The molecule has 122 valence electrons. The number of anilines is 2. The Morgan fingerprint density at radius 2 is 1.96 bits per heavy atom. The first kappa shape index (κ1) is 17.2. The monoisotopic (exact) mass is 332 g/mol. The summed E-state index contributed by atoms with van der Waals surface area (Å²) >= 11 is 6.23. The van der Waals surface area contributed by atoms with Crippen LogP contribution < -0.4 is 15.4 Å². The van der Waals surface area contributed by atoms with E-state index in [2.05, 4.69) is 10.6 Å². The molecule has 0 saturated heterocycles. The molecule has 0 aromatic heterocycles. The third kappa shape index (κ3) is 4.63. The van der Waals surface area contributed by atoms with Crippen LogP contribution in [0.15, 0.2) is 36.4 Å². The van der Waals surface area contributed by atoms with Crippen molar-refractivity contribution in [2.45, 2.75) is 20.8 Å². The minimum absolute atomic E-state index is 0.129. The summed E-state index contributed by atoms with van der Waals surface area (Å²) in [4.78, 5) is 12.2. The molecule has 2 aromatic rings. The fraction of sp³-hybridized carbons (Fsp3) is 0.278. The summed E-state index contributed by atoms with van der Waals surface area (Å²) in [7, 11) is 0. The van der Waals surface area contributed by atoms with Gasteiger partial charge in [-0.2, -0.15) is 0 Å². The molecular formula is C18H21ClN2O2. The van der Waals surface area contributed by atoms with Crippen molar-refractivity contribution in [2.24, 2.45) is 0 Å². The van der Waals surface area contributed by atoms with E-state index in [1.54, 1.807) is 0 Å². The number of nitrogens with one attached hydrogen (secondary N) is 2. The normalized spacial score (nSPS) is 10.3. The summed E-state index contributed by atoms with van der Waals surface area (Å²) in [6.07, 6.45) is 0. The molecule has 2 aromatic carbocycles. The number of aryl methyl sites for hydroxylation is 2. The molecule has 0 saturated carbocycles. The maximum atomic E-state index is 12.2. The molecule has 0 unspecified atom stereocenters. The van der Waals surface area contributed by atoms with Gasteiger partial charge in [-0.05, 0) is 50.1 Å². The fourth-order valence-electron chi connectivity index (χ4n) is 2.35. The average Bonchev–Trinajstić information content (AvgIpc) is 2.48. The number of amides is 1. The Morgan fingerprint density at radius 1 is 1.22 bits per heavy atom. The van der Waals surface area contributed by atoms with E-state index in [-0.39, 0.29) is 12.5 Å². The highest BCUT2D eigenvalue weighted by atomic mass is 35.5. The van der Waals surface area contributed by atoms with Gasteiger partial charge in [-0.1, -0.05) is 29.8 Å². The van der Waals surface area contributed by atoms with Gasteiger partial charge in [0.15, 0.2) is 0 Å². The van der Waals surface area contributed by atoms with Crippen molar-refractivity contribution in [3.63, 3.8) is 0 Å². The lowest BCUT2D eigenvalue weighted by atomic mass is 10.1. The summed E-state index contributed by atoms with van der Waals surface area (Å²) in [5, 5.41) is 6.56. The lowest BCUT2D eigenvalue weighted by molar-refractivity contribution is -0.114. The SMILES string of the molecule is CCOc1ccccc1NC(=O)CNc1c(C)cc(C)cc1Cl. The fourth-order valence-corrected chi connectivity index (χ4v) is 2.74. The Kier molecular flexibility index (Phi) is 5.88. The van der Waals surface area contributed by atoms with Gasteiger partial charge in [-0.3, -0.25) is 4.79 Å². The molecule has 0 heterocycles. The van der Waals surface area contributed by atoms with Crippen molar-refractivity contribution in [3.05, 3.63) is 52.5 Å². The van der Waals surface area contributed by atoms with Gasteiger partial charge in [0, 0.05) is 0 Å². The molecule has 23 heavy (non-hydrogen) atoms. The van der Waals surface area contributed by atoms with Crippen molar-refractivity contribution >= 4 is 28.9 Å². The zero-order valence-corrected chi connectivity index (χ0v) is 14.3. The minimum atomic E-state index is -0.159. The molecular weight excluding hydrogens is 312 g/mol. The van der Waals surface area contributed by atoms with E-state index in [9.17, 15) is 4.79 Å². The Balaban J connectivity index is 2.01. The van der Waals surface area contributed by atoms with Crippen LogP contribution in [0.2, 0.25) is 5.02 Å². The lowest BCUT2D eigenvalue weighted by Crippen LogP contribution is -2.22. The van der Waals surface area contributed by atoms with Gasteiger partial charge in [0.05, 0.1) is 29.5 Å². The van der Waals surface area contributed by atoms with Crippen LogP contribution in [0, 0.1) is 13.8 Å². The van der Waals surface area contributed by atoms with E-state index in [0.717, 1.165) is 16.8 Å². The third-order valence-corrected chi connectivity index (χ3v) is 3.62. The predicted octanol–water partition coefficient (Wildman–Crippen LogP) is 4.41. The summed E-state index contributed by atoms with van der Waals surface area (Å²) in [5.74, 6) is 0.501. The number of carbonyl (C=O) groups excluding carboxylic acids is 1. The van der Waals surface area contributed by atoms with Gasteiger partial charge in [0.2, 0.25) is 5.91 Å². The molecule has 0 aliphatic rings. The molecule has 2 N–H and O–H groups in total. The van der Waals surface area contributed by atoms with Gasteiger partial charge < -0.3 is 15.4 Å². The first-order valence-electron chi connectivity index (χ1n) is 7.53. The minimum Gasteiger partial charge on any atom is -0.492 e. The van der Waals surface area contributed by atoms with E-state index >= 15 is 0 Å². The van der Waals surface area contributed by atoms with Gasteiger partial charge >= 0.3 is 0 Å². The van der Waals surface area contributed by atoms with Crippen LogP contribution in [0.4, 0.5) is 11.4 Å². The molecule has 0 radical (unpaired) electrons. The van der Waals surface area contributed by atoms with E-state index in [1.165, 1.54) is 0 Å². The second kappa shape index (κ2) is 7.88. The van der Waals surface area contributed by atoms with E-state index in [1.807, 2.05) is 57.2 Å². The van der Waals surface area contributed by atoms with Crippen molar-refractivity contribution in [3.8, 4) is 5.75 Å². The third-order valence-electron chi connectivity index (χ3n) is 3.32. The maximum absolute atomic E-state index is 12.2. The van der Waals surface area contributed by atoms with Crippen molar-refractivity contribution in [1.29, 1.82) is 0 Å². The van der Waals surface area contributed by atoms with Crippen LogP contribution in [0.25, 0.3) is 0 Å². The van der Waals surface area contributed by atoms with Gasteiger partial charge in [-0.15, -0.1) is 0 Å². The molecule has 0 fully saturated rings. The number of ether oxygens (including phenoxy) is 1. The Hall–Kier alpha value is -2.20. The first-order chi connectivity index (χ1) is 11.0. The zero-order chi connectivity index (χ0) is 16.8. The summed E-state index contributed by atoms with van der Waals surface area (Å²) in [5.41, 5.74) is 3.55. The number of carbonyl (C=O) groups is 1. The highest BCUT2D eigenvalue weighted by molar-refractivity contribution is 6.33. The number of hydrogen-bond donors (Lipinski definition) is 2. The van der Waals surface area contributed by atoms with Crippen LogP contribution in [0.1, 0.15) is 18.1 Å². The highest BCUT2D eigenvalue weighted by Crippen LogP contribution is 2.27. The lowest BCUT2D eigenvalue weighted by Gasteiger charge is -2.14. The van der Waals surface area contributed by atoms with Crippen LogP contribution >= 0.6 is 11.6 Å². The number of rotatable bonds is 6. The summed E-state index contributed by atoms with van der Waals surface area (Å²) < 4.78 is 5.50. The number of hydrogen-bond acceptors (Lipinski definition) is 3. The first-order valence-corrected chi connectivity index (χ1v) is 7.91. The topological polar surface area (TPSA) is 50.4 Å². The number of para-hydroxylation sites is 2. The summed E-state index contributed by atoms with van der Waals surface area (Å²) in [6, 6.07) is 11.3. The Morgan fingerprint density at radius 3 is 2.65 bits per heavy atom. The molecule has 0 aliphatic heterocycles. The molecule has 0 aliphatic carbocycles. The van der Waals surface area contributed by atoms with E-state index < -0.39 is 0 Å². The van der Waals surface area contributed by atoms with Crippen molar-refractivity contribution in [2.75, 3.05) is 23.8 Å². The van der Waals surface area contributed by atoms with E-state index in [0.29, 0.717) is 23.1 Å². The van der Waals surface area contributed by atoms with Crippen LogP contribution in [-0.4, -0.2) is 19.1 Å². The Labute approximate surface area is 141 Å². The Bertz CT molecular complexity index is 678. The molecule has 4 nitrogen and oxygen atoms in total. The van der Waals surface area contributed by atoms with Crippen LogP contribution in [0.3, 0.4) is 0 Å². The second-order valence-electron chi connectivity index (χ2n) is 5.27. The molecule has 0 spiro atoms. The average molecular weight is 333 g/mol. The van der Waals surface area contributed by atoms with Crippen molar-refractivity contribution in [1.82, 2.24) is 0 Å². The standard InChI is InChI=1S/C18H21ClN2O2/c1-4-23-16-8-6-5-7-15(16)21-17(22)11-20-18-13(3)9-12(2)10-14(18)19/h5-10,20H,4,11H2,1-3H3,(H,21,22).